The fourth-order valence-corrected chi connectivity index (χ4v) is 1.45. The summed E-state index contributed by atoms with van der Waals surface area (Å²) in [6.45, 7) is 8.05. The number of hydrogen-bond acceptors (Lipinski definition) is 3. The lowest BCUT2D eigenvalue weighted by atomic mass is 10.1. The Labute approximate surface area is 90.4 Å². The first-order valence-corrected chi connectivity index (χ1v) is 4.96. The summed E-state index contributed by atoms with van der Waals surface area (Å²) in [7, 11) is 3.53. The molecule has 4 heteroatoms. The first kappa shape index (κ1) is 11.6. The van der Waals surface area contributed by atoms with Crippen molar-refractivity contribution >= 4 is 5.84 Å². The molecule has 4 nitrogen and oxygen atoms in total. The van der Waals surface area contributed by atoms with E-state index in [4.69, 9.17) is 0 Å². The van der Waals surface area contributed by atoms with Gasteiger partial charge in [-0.3, -0.25) is 9.98 Å². The molecular formula is C11H18N4. The van der Waals surface area contributed by atoms with Crippen LogP contribution < -0.4 is 5.49 Å². The third-order valence-corrected chi connectivity index (χ3v) is 2.73. The van der Waals surface area contributed by atoms with Gasteiger partial charge in [0.15, 0.2) is 5.49 Å². The van der Waals surface area contributed by atoms with Crippen LogP contribution in [0.4, 0.5) is 0 Å². The predicted molar refractivity (Wildman–Crippen MR) is 62.4 cm³/mol. The second kappa shape index (κ2) is 4.38. The van der Waals surface area contributed by atoms with E-state index in [0.717, 1.165) is 22.6 Å². The summed E-state index contributed by atoms with van der Waals surface area (Å²) in [5, 5.41) is 4.47. The van der Waals surface area contributed by atoms with Crippen LogP contribution in [0.1, 0.15) is 23.7 Å². The van der Waals surface area contributed by atoms with E-state index in [1.54, 1.807) is 18.8 Å². The van der Waals surface area contributed by atoms with Gasteiger partial charge in [0.2, 0.25) is 0 Å². The monoisotopic (exact) mass is 206 g/mol. The van der Waals surface area contributed by atoms with Gasteiger partial charge in [0.1, 0.15) is 5.84 Å². The van der Waals surface area contributed by atoms with Crippen molar-refractivity contribution in [3.63, 3.8) is 0 Å². The molecule has 0 bridgehead atoms. The second-order valence-corrected chi connectivity index (χ2v) is 3.57. The van der Waals surface area contributed by atoms with Crippen molar-refractivity contribution in [2.75, 3.05) is 14.1 Å². The van der Waals surface area contributed by atoms with Crippen LogP contribution in [0.2, 0.25) is 0 Å². The van der Waals surface area contributed by atoms with E-state index in [1.807, 2.05) is 13.8 Å². The summed E-state index contributed by atoms with van der Waals surface area (Å²) >= 11 is 0. The number of aryl methyl sites for hydroxylation is 1. The molecule has 0 aliphatic heterocycles. The summed E-state index contributed by atoms with van der Waals surface area (Å²) in [6, 6.07) is 0. The Morgan fingerprint density at radius 3 is 2.20 bits per heavy atom. The lowest BCUT2D eigenvalue weighted by Crippen LogP contribution is -2.32. The van der Waals surface area contributed by atoms with Gasteiger partial charge < -0.3 is 0 Å². The van der Waals surface area contributed by atoms with Gasteiger partial charge in [-0.05, 0) is 38.8 Å². The van der Waals surface area contributed by atoms with Gasteiger partial charge >= 0.3 is 0 Å². The molecule has 0 radical (unpaired) electrons. The molecule has 1 rings (SSSR count). The summed E-state index contributed by atoms with van der Waals surface area (Å²) < 4.78 is 1.79. The molecule has 0 spiro atoms. The maximum absolute atomic E-state index is 4.47. The first-order chi connectivity index (χ1) is 7.02. The topological polar surface area (TPSA) is 42.5 Å². The molecule has 1 heterocycles. The predicted octanol–water partition coefficient (Wildman–Crippen LogP) is 1.24. The van der Waals surface area contributed by atoms with Gasteiger partial charge in [0, 0.05) is 14.1 Å². The van der Waals surface area contributed by atoms with E-state index in [-0.39, 0.29) is 0 Å². The molecule has 0 aromatic carbocycles. The average Bonchev–Trinajstić information content (AvgIpc) is 2.24. The molecule has 1 aromatic heterocycles. The normalized spacial score (nSPS) is 13.5. The Morgan fingerprint density at radius 1 is 1.13 bits per heavy atom. The van der Waals surface area contributed by atoms with Gasteiger partial charge in [-0.15, -0.1) is 0 Å². The molecule has 0 N–H and O–H groups in total. The van der Waals surface area contributed by atoms with Crippen LogP contribution in [0.5, 0.6) is 0 Å². The van der Waals surface area contributed by atoms with Crippen LogP contribution in [0, 0.1) is 20.8 Å². The lowest BCUT2D eigenvalue weighted by Gasteiger charge is -2.11. The minimum absolute atomic E-state index is 0.849. The van der Waals surface area contributed by atoms with Crippen molar-refractivity contribution in [1.29, 1.82) is 0 Å². The van der Waals surface area contributed by atoms with Crippen LogP contribution in [-0.2, 0) is 0 Å². The molecule has 0 unspecified atom stereocenters. The standard InChI is InChI=1S/C11H18N4/c1-7-8(2)11(13-6)15(10(4)12-5)14-9(7)3/h1-6H3. The average molecular weight is 206 g/mol. The number of aromatic nitrogens is 2. The van der Waals surface area contributed by atoms with E-state index >= 15 is 0 Å². The molecule has 0 saturated carbocycles. The zero-order valence-electron chi connectivity index (χ0n) is 10.3. The Kier molecular flexibility index (Phi) is 3.39. The highest BCUT2D eigenvalue weighted by molar-refractivity contribution is 5.80. The van der Waals surface area contributed by atoms with Crippen molar-refractivity contribution in [1.82, 2.24) is 9.78 Å². The van der Waals surface area contributed by atoms with Crippen LogP contribution in [-0.4, -0.2) is 29.7 Å². The highest BCUT2D eigenvalue weighted by atomic mass is 15.3. The SMILES string of the molecule is CN=C(C)n1nc(C)c(C)c(C)c1=NC. The van der Waals surface area contributed by atoms with Crippen LogP contribution >= 0.6 is 0 Å². The van der Waals surface area contributed by atoms with Crippen molar-refractivity contribution < 1.29 is 0 Å². The van der Waals surface area contributed by atoms with Crippen LogP contribution in [0.3, 0.4) is 0 Å². The molecule has 1 aromatic rings. The van der Waals surface area contributed by atoms with Crippen molar-refractivity contribution in [2.24, 2.45) is 9.98 Å². The van der Waals surface area contributed by atoms with E-state index in [9.17, 15) is 0 Å². The fourth-order valence-electron chi connectivity index (χ4n) is 1.45. The molecule has 0 amide bonds. The summed E-state index contributed by atoms with van der Waals surface area (Å²) in [4.78, 5) is 8.40. The zero-order valence-corrected chi connectivity index (χ0v) is 10.3. The largest absolute Gasteiger partial charge is 0.274 e. The van der Waals surface area contributed by atoms with Crippen molar-refractivity contribution in [2.45, 2.75) is 27.7 Å². The van der Waals surface area contributed by atoms with Gasteiger partial charge in [-0.2, -0.15) is 5.10 Å². The molecule has 0 atom stereocenters. The van der Waals surface area contributed by atoms with Crippen LogP contribution in [0.15, 0.2) is 9.98 Å². The lowest BCUT2D eigenvalue weighted by molar-refractivity contribution is 0.775. The summed E-state index contributed by atoms with van der Waals surface area (Å²) in [5.74, 6) is 0.849. The molecule has 0 aliphatic carbocycles. The van der Waals surface area contributed by atoms with Gasteiger partial charge in [0.05, 0.1) is 5.69 Å². The number of rotatable bonds is 0. The second-order valence-electron chi connectivity index (χ2n) is 3.57. The van der Waals surface area contributed by atoms with E-state index < -0.39 is 0 Å². The quantitative estimate of drug-likeness (QED) is 0.465. The van der Waals surface area contributed by atoms with Gasteiger partial charge in [-0.25, -0.2) is 4.68 Å². The van der Waals surface area contributed by atoms with Gasteiger partial charge in [-0.1, -0.05) is 0 Å². The minimum atomic E-state index is 0.849. The number of nitrogens with zero attached hydrogens (tertiary/aromatic N) is 4. The Bertz CT molecular complexity index is 466. The summed E-state index contributed by atoms with van der Waals surface area (Å²) in [6.07, 6.45) is 0. The summed E-state index contributed by atoms with van der Waals surface area (Å²) in [5.41, 5.74) is 4.24. The number of hydrogen-bond donors (Lipinski definition) is 0. The van der Waals surface area contributed by atoms with Crippen molar-refractivity contribution in [3.05, 3.63) is 22.3 Å². The van der Waals surface area contributed by atoms with Gasteiger partial charge in [0.25, 0.3) is 0 Å². The first-order valence-electron chi connectivity index (χ1n) is 4.96. The molecule has 0 fully saturated rings. The Morgan fingerprint density at radius 2 is 1.73 bits per heavy atom. The fraction of sp³-hybridized carbons (Fsp3) is 0.545. The molecular weight excluding hydrogens is 188 g/mol. The highest BCUT2D eigenvalue weighted by Crippen LogP contribution is 2.04. The van der Waals surface area contributed by atoms with E-state index in [1.165, 1.54) is 5.56 Å². The molecule has 0 saturated heterocycles. The highest BCUT2D eigenvalue weighted by Gasteiger charge is 2.07. The Hall–Kier alpha value is -1.45. The zero-order chi connectivity index (χ0) is 11.6. The third-order valence-electron chi connectivity index (χ3n) is 2.73. The third kappa shape index (κ3) is 1.98. The van der Waals surface area contributed by atoms with E-state index in [2.05, 4.69) is 28.9 Å². The van der Waals surface area contributed by atoms with E-state index in [0.29, 0.717) is 0 Å². The molecule has 82 valence electrons. The van der Waals surface area contributed by atoms with Crippen LogP contribution in [0.25, 0.3) is 0 Å². The smallest absolute Gasteiger partial charge is 0.153 e. The Balaban J connectivity index is 3.69. The molecule has 0 aliphatic rings. The molecule has 15 heavy (non-hydrogen) atoms. The number of aliphatic imine (C=N–C) groups is 1. The maximum atomic E-state index is 4.47. The van der Waals surface area contributed by atoms with Crippen molar-refractivity contribution in [3.8, 4) is 0 Å². The maximum Gasteiger partial charge on any atom is 0.153 e. The minimum Gasteiger partial charge on any atom is -0.274 e.